The van der Waals surface area contributed by atoms with Gasteiger partial charge >= 0.3 is 0 Å². The lowest BCUT2D eigenvalue weighted by Crippen LogP contribution is -2.04. The molecule has 0 bridgehead atoms. The molecule has 4 rings (SSSR count). The van der Waals surface area contributed by atoms with Crippen molar-refractivity contribution in [2.24, 2.45) is 0 Å². The van der Waals surface area contributed by atoms with Crippen LogP contribution >= 0.6 is 23.4 Å². The first-order valence-electron chi connectivity index (χ1n) is 11.5. The zero-order chi connectivity index (χ0) is 24.8. The topological polar surface area (TPSA) is 47.0 Å². The van der Waals surface area contributed by atoms with Gasteiger partial charge in [0.2, 0.25) is 0 Å². The fraction of sp³-hybridized carbons (Fsp3) is 0.167. The van der Waals surface area contributed by atoms with Gasteiger partial charge in [-0.15, -0.1) is 0 Å². The number of rotatable bonds is 8. The Bertz CT molecular complexity index is 1410. The molecule has 0 spiro atoms. The Morgan fingerprint density at radius 1 is 0.943 bits per heavy atom. The van der Waals surface area contributed by atoms with Crippen molar-refractivity contribution in [1.82, 2.24) is 4.98 Å². The standard InChI is InChI=1S/C30H26ClNO2S/c1-20(33)28-9-4-3-7-23(28)13-17-30(35-21(2)34)25-8-5-6-22(18-25)10-15-27-16-12-24-11-14-26(31)19-29(24)32-27/h3-12,14-16,18-19,30H,13,17H2,1-2H3/b15-10+/t30-/m1/s1. The number of thioether (sulfide) groups is 1. The number of hydrogen-bond donors (Lipinski definition) is 0. The lowest BCUT2D eigenvalue weighted by Gasteiger charge is -2.17. The average molecular weight is 500 g/mol. The second kappa shape index (κ2) is 11.5. The number of Topliss-reactive ketones (excluding diaryl/α,β-unsaturated/α-hetero) is 1. The largest absolute Gasteiger partial charge is 0.295 e. The van der Waals surface area contributed by atoms with Gasteiger partial charge in [0.05, 0.1) is 11.2 Å². The maximum atomic E-state index is 12.0. The maximum Gasteiger partial charge on any atom is 0.186 e. The molecule has 1 atom stereocenters. The van der Waals surface area contributed by atoms with Crippen LogP contribution in [0.1, 0.15) is 58.3 Å². The fourth-order valence-corrected chi connectivity index (χ4v) is 5.19. The van der Waals surface area contributed by atoms with Crippen molar-refractivity contribution in [3.05, 3.63) is 112 Å². The molecule has 176 valence electrons. The smallest absolute Gasteiger partial charge is 0.186 e. The molecule has 4 aromatic rings. The minimum Gasteiger partial charge on any atom is -0.295 e. The predicted octanol–water partition coefficient (Wildman–Crippen LogP) is 8.21. The fourth-order valence-electron chi connectivity index (χ4n) is 4.11. The highest BCUT2D eigenvalue weighted by atomic mass is 35.5. The molecular formula is C30H26ClNO2S. The van der Waals surface area contributed by atoms with Crippen LogP contribution in [0.3, 0.4) is 0 Å². The van der Waals surface area contributed by atoms with Crippen LogP contribution in [-0.2, 0) is 11.2 Å². The number of carbonyl (C=O) groups excluding carboxylic acids is 2. The summed E-state index contributed by atoms with van der Waals surface area (Å²) in [4.78, 5) is 28.7. The van der Waals surface area contributed by atoms with Crippen LogP contribution in [0, 0.1) is 0 Å². The summed E-state index contributed by atoms with van der Waals surface area (Å²) in [5.41, 5.74) is 5.60. The Labute approximate surface area is 215 Å². The normalized spacial score (nSPS) is 12.2. The molecule has 0 unspecified atom stereocenters. The molecular weight excluding hydrogens is 474 g/mol. The van der Waals surface area contributed by atoms with E-state index in [0.717, 1.165) is 51.7 Å². The summed E-state index contributed by atoms with van der Waals surface area (Å²) in [6.45, 7) is 3.19. The van der Waals surface area contributed by atoms with Crippen LogP contribution in [0.15, 0.2) is 78.9 Å². The minimum atomic E-state index is 0.00167. The number of fused-ring (bicyclic) bond motifs is 1. The molecule has 0 aliphatic rings. The highest BCUT2D eigenvalue weighted by Crippen LogP contribution is 2.35. The van der Waals surface area contributed by atoms with Gasteiger partial charge in [-0.3, -0.25) is 9.59 Å². The third-order valence-corrected chi connectivity index (χ3v) is 7.14. The van der Waals surface area contributed by atoms with E-state index in [1.165, 1.54) is 11.8 Å². The van der Waals surface area contributed by atoms with E-state index >= 15 is 0 Å². The van der Waals surface area contributed by atoms with Crippen molar-refractivity contribution in [3.63, 3.8) is 0 Å². The molecule has 5 heteroatoms. The molecule has 0 aliphatic heterocycles. The number of aryl methyl sites for hydroxylation is 1. The van der Waals surface area contributed by atoms with Gasteiger partial charge in [0.15, 0.2) is 10.9 Å². The van der Waals surface area contributed by atoms with E-state index in [-0.39, 0.29) is 16.1 Å². The van der Waals surface area contributed by atoms with Crippen molar-refractivity contribution in [2.75, 3.05) is 0 Å². The number of halogens is 1. The summed E-state index contributed by atoms with van der Waals surface area (Å²) in [6, 6.07) is 25.6. The second-order valence-electron chi connectivity index (χ2n) is 8.43. The van der Waals surface area contributed by atoms with E-state index in [2.05, 4.69) is 17.1 Å². The van der Waals surface area contributed by atoms with Crippen LogP contribution in [0.25, 0.3) is 23.1 Å². The van der Waals surface area contributed by atoms with Crippen molar-refractivity contribution in [1.29, 1.82) is 0 Å². The number of hydrogen-bond acceptors (Lipinski definition) is 4. The van der Waals surface area contributed by atoms with Gasteiger partial charge in [-0.1, -0.05) is 90.1 Å². The molecule has 0 amide bonds. The molecule has 0 saturated heterocycles. The van der Waals surface area contributed by atoms with Crippen molar-refractivity contribution in [2.45, 2.75) is 31.9 Å². The van der Waals surface area contributed by atoms with Gasteiger partial charge in [-0.05, 0) is 60.7 Å². The van der Waals surface area contributed by atoms with Gasteiger partial charge in [-0.25, -0.2) is 4.98 Å². The lowest BCUT2D eigenvalue weighted by atomic mass is 9.97. The molecule has 0 aliphatic carbocycles. The van der Waals surface area contributed by atoms with Gasteiger partial charge in [0.25, 0.3) is 0 Å². The molecule has 1 heterocycles. The molecule has 0 N–H and O–H groups in total. The molecule has 0 radical (unpaired) electrons. The first-order valence-corrected chi connectivity index (χ1v) is 12.8. The zero-order valence-electron chi connectivity index (χ0n) is 19.7. The van der Waals surface area contributed by atoms with Crippen molar-refractivity contribution >= 4 is 57.3 Å². The first kappa shape index (κ1) is 24.9. The van der Waals surface area contributed by atoms with E-state index in [1.54, 1.807) is 13.8 Å². The third-order valence-electron chi connectivity index (χ3n) is 5.79. The Morgan fingerprint density at radius 2 is 1.74 bits per heavy atom. The Morgan fingerprint density at radius 3 is 2.54 bits per heavy atom. The minimum absolute atomic E-state index is 0.00167. The van der Waals surface area contributed by atoms with Gasteiger partial charge < -0.3 is 0 Å². The number of benzene rings is 3. The van der Waals surface area contributed by atoms with E-state index in [0.29, 0.717) is 5.02 Å². The summed E-state index contributed by atoms with van der Waals surface area (Å²) in [6.07, 6.45) is 5.50. The monoisotopic (exact) mass is 499 g/mol. The molecule has 0 fully saturated rings. The zero-order valence-corrected chi connectivity index (χ0v) is 21.3. The Hall–Kier alpha value is -3.21. The number of ketones is 1. The summed E-state index contributed by atoms with van der Waals surface area (Å²) >= 11 is 7.45. The average Bonchev–Trinajstić information content (AvgIpc) is 2.85. The van der Waals surface area contributed by atoms with Crippen molar-refractivity contribution in [3.8, 4) is 0 Å². The summed E-state index contributed by atoms with van der Waals surface area (Å²) in [5, 5.41) is 1.79. The molecule has 1 aromatic heterocycles. The van der Waals surface area contributed by atoms with Gasteiger partial charge in [0.1, 0.15) is 0 Å². The van der Waals surface area contributed by atoms with Crippen LogP contribution in [0.5, 0.6) is 0 Å². The number of carbonyl (C=O) groups is 2. The Kier molecular flexibility index (Phi) is 8.17. The predicted molar refractivity (Wildman–Crippen MR) is 148 cm³/mol. The number of aromatic nitrogens is 1. The number of nitrogens with zero attached hydrogens (tertiary/aromatic N) is 1. The van der Waals surface area contributed by atoms with E-state index in [1.807, 2.05) is 78.9 Å². The first-order chi connectivity index (χ1) is 16.9. The maximum absolute atomic E-state index is 12.0. The highest BCUT2D eigenvalue weighted by molar-refractivity contribution is 8.13. The third kappa shape index (κ3) is 6.68. The van der Waals surface area contributed by atoms with Crippen LogP contribution in [0.4, 0.5) is 0 Å². The van der Waals surface area contributed by atoms with Crippen LogP contribution < -0.4 is 0 Å². The molecule has 3 aromatic carbocycles. The summed E-state index contributed by atoms with van der Waals surface area (Å²) < 4.78 is 0. The summed E-state index contributed by atoms with van der Waals surface area (Å²) in [7, 11) is 0. The quantitative estimate of drug-likeness (QED) is 0.229. The van der Waals surface area contributed by atoms with E-state index in [9.17, 15) is 9.59 Å². The molecule has 35 heavy (non-hydrogen) atoms. The molecule has 0 saturated carbocycles. The van der Waals surface area contributed by atoms with Crippen LogP contribution in [-0.4, -0.2) is 15.9 Å². The van der Waals surface area contributed by atoms with E-state index in [4.69, 9.17) is 11.6 Å². The van der Waals surface area contributed by atoms with Crippen molar-refractivity contribution < 1.29 is 9.59 Å². The SMILES string of the molecule is CC(=O)S[C@H](CCc1ccccc1C(C)=O)c1cccc(/C=C/c2ccc3ccc(Cl)cc3n2)c1. The Balaban J connectivity index is 1.54. The highest BCUT2D eigenvalue weighted by Gasteiger charge is 2.17. The number of pyridine rings is 1. The van der Waals surface area contributed by atoms with Crippen LogP contribution in [0.2, 0.25) is 5.02 Å². The summed E-state index contributed by atoms with van der Waals surface area (Å²) in [5.74, 6) is 0.0630. The second-order valence-corrected chi connectivity index (χ2v) is 10.2. The van der Waals surface area contributed by atoms with Gasteiger partial charge in [-0.2, -0.15) is 0 Å². The van der Waals surface area contributed by atoms with Gasteiger partial charge in [0, 0.05) is 28.1 Å². The lowest BCUT2D eigenvalue weighted by molar-refractivity contribution is -0.109. The molecule has 3 nitrogen and oxygen atoms in total. The van der Waals surface area contributed by atoms with E-state index < -0.39 is 0 Å².